The SMILES string of the molecule is CCS(=O)(=O)N(C)CCCNC(=NC)NCc1ccnn1C.I. The van der Waals surface area contributed by atoms with Gasteiger partial charge in [0, 0.05) is 40.4 Å². The zero-order valence-corrected chi connectivity index (χ0v) is 17.3. The van der Waals surface area contributed by atoms with Crippen molar-refractivity contribution in [1.29, 1.82) is 0 Å². The summed E-state index contributed by atoms with van der Waals surface area (Å²) in [6.45, 7) is 3.41. The van der Waals surface area contributed by atoms with Crippen LogP contribution in [0.1, 0.15) is 19.0 Å². The highest BCUT2D eigenvalue weighted by Crippen LogP contribution is 1.98. The fraction of sp³-hybridized carbons (Fsp3) is 0.692. The van der Waals surface area contributed by atoms with E-state index in [1.54, 1.807) is 31.9 Å². The molecule has 0 aliphatic rings. The molecule has 1 aromatic rings. The second-order valence-electron chi connectivity index (χ2n) is 4.87. The van der Waals surface area contributed by atoms with E-state index in [1.807, 2.05) is 13.1 Å². The van der Waals surface area contributed by atoms with Crippen molar-refractivity contribution >= 4 is 40.0 Å². The topological polar surface area (TPSA) is 91.6 Å². The van der Waals surface area contributed by atoms with Crippen molar-refractivity contribution in [1.82, 2.24) is 24.7 Å². The Labute approximate surface area is 155 Å². The van der Waals surface area contributed by atoms with Gasteiger partial charge in [-0.1, -0.05) is 0 Å². The molecule has 0 unspecified atom stereocenters. The number of aryl methyl sites for hydroxylation is 1. The van der Waals surface area contributed by atoms with Crippen LogP contribution in [0.5, 0.6) is 0 Å². The number of rotatable bonds is 8. The molecular formula is C13H27IN6O2S. The van der Waals surface area contributed by atoms with Crippen LogP contribution in [0, 0.1) is 0 Å². The van der Waals surface area contributed by atoms with Gasteiger partial charge in [-0.2, -0.15) is 5.10 Å². The molecule has 0 amide bonds. The highest BCUT2D eigenvalue weighted by atomic mass is 127. The van der Waals surface area contributed by atoms with E-state index in [-0.39, 0.29) is 29.7 Å². The van der Waals surface area contributed by atoms with Gasteiger partial charge in [0.05, 0.1) is 18.0 Å². The van der Waals surface area contributed by atoms with Gasteiger partial charge in [-0.25, -0.2) is 12.7 Å². The molecule has 23 heavy (non-hydrogen) atoms. The molecule has 1 rings (SSSR count). The molecule has 2 N–H and O–H groups in total. The fourth-order valence-electron chi connectivity index (χ4n) is 1.84. The van der Waals surface area contributed by atoms with Gasteiger partial charge >= 0.3 is 0 Å². The number of halogens is 1. The van der Waals surface area contributed by atoms with Crippen LogP contribution in [0.4, 0.5) is 0 Å². The first kappa shape index (κ1) is 22.1. The number of guanidine groups is 1. The summed E-state index contributed by atoms with van der Waals surface area (Å²) in [5, 5.41) is 10.5. The average Bonchev–Trinajstić information content (AvgIpc) is 2.91. The number of nitrogens with one attached hydrogen (secondary N) is 2. The van der Waals surface area contributed by atoms with Crippen molar-refractivity contribution in [2.45, 2.75) is 19.9 Å². The van der Waals surface area contributed by atoms with Crippen LogP contribution in [-0.2, 0) is 23.6 Å². The highest BCUT2D eigenvalue weighted by Gasteiger charge is 2.13. The fourth-order valence-corrected chi connectivity index (χ4v) is 2.69. The van der Waals surface area contributed by atoms with Crippen LogP contribution in [0.2, 0.25) is 0 Å². The minimum atomic E-state index is -3.10. The van der Waals surface area contributed by atoms with Gasteiger partial charge in [-0.15, -0.1) is 24.0 Å². The Morgan fingerprint density at radius 2 is 2.13 bits per heavy atom. The molecule has 0 aliphatic heterocycles. The summed E-state index contributed by atoms with van der Waals surface area (Å²) in [5.41, 5.74) is 1.05. The van der Waals surface area contributed by atoms with Crippen LogP contribution < -0.4 is 10.6 Å². The molecule has 0 radical (unpaired) electrons. The third-order valence-corrected chi connectivity index (χ3v) is 5.23. The van der Waals surface area contributed by atoms with Crippen LogP contribution in [0.15, 0.2) is 17.3 Å². The third-order valence-electron chi connectivity index (χ3n) is 3.36. The Hall–Kier alpha value is -0.880. The second kappa shape index (κ2) is 10.8. The lowest BCUT2D eigenvalue weighted by molar-refractivity contribution is 0.461. The largest absolute Gasteiger partial charge is 0.356 e. The van der Waals surface area contributed by atoms with Gasteiger partial charge in [-0.05, 0) is 19.4 Å². The minimum Gasteiger partial charge on any atom is -0.356 e. The summed E-state index contributed by atoms with van der Waals surface area (Å²) in [6, 6.07) is 1.94. The van der Waals surface area contributed by atoms with Gasteiger partial charge in [0.1, 0.15) is 0 Å². The summed E-state index contributed by atoms with van der Waals surface area (Å²) in [6.07, 6.45) is 2.46. The Kier molecular flexibility index (Phi) is 10.4. The minimum absolute atomic E-state index is 0. The number of hydrogen-bond donors (Lipinski definition) is 2. The number of hydrogen-bond acceptors (Lipinski definition) is 4. The van der Waals surface area contributed by atoms with Gasteiger partial charge < -0.3 is 10.6 Å². The number of aromatic nitrogens is 2. The molecule has 0 bridgehead atoms. The molecule has 0 aromatic carbocycles. The maximum Gasteiger partial charge on any atom is 0.213 e. The predicted octanol–water partition coefficient (Wildman–Crippen LogP) is 0.375. The number of nitrogens with zero attached hydrogens (tertiary/aromatic N) is 4. The van der Waals surface area contributed by atoms with Crippen molar-refractivity contribution in [3.05, 3.63) is 18.0 Å². The normalized spacial score (nSPS) is 12.1. The molecule has 1 aromatic heterocycles. The second-order valence-corrected chi connectivity index (χ2v) is 7.24. The van der Waals surface area contributed by atoms with Crippen molar-refractivity contribution in [2.75, 3.05) is 32.9 Å². The quantitative estimate of drug-likeness (QED) is 0.254. The Morgan fingerprint density at radius 1 is 1.43 bits per heavy atom. The molecule has 0 saturated carbocycles. The Bertz CT molecular complexity index is 587. The van der Waals surface area contributed by atoms with Crippen molar-refractivity contribution < 1.29 is 8.42 Å². The van der Waals surface area contributed by atoms with Crippen molar-refractivity contribution in [3.8, 4) is 0 Å². The zero-order valence-electron chi connectivity index (χ0n) is 14.1. The van der Waals surface area contributed by atoms with E-state index in [0.29, 0.717) is 32.0 Å². The van der Waals surface area contributed by atoms with Crippen LogP contribution in [-0.4, -0.2) is 61.4 Å². The summed E-state index contributed by atoms with van der Waals surface area (Å²) in [7, 11) is 2.09. The van der Waals surface area contributed by atoms with E-state index in [2.05, 4.69) is 20.7 Å². The zero-order chi connectivity index (χ0) is 16.6. The lowest BCUT2D eigenvalue weighted by atomic mass is 10.4. The molecular weight excluding hydrogens is 431 g/mol. The molecule has 0 aliphatic carbocycles. The van der Waals surface area contributed by atoms with E-state index >= 15 is 0 Å². The van der Waals surface area contributed by atoms with Gasteiger partial charge in [-0.3, -0.25) is 9.67 Å². The maximum absolute atomic E-state index is 11.6. The molecule has 134 valence electrons. The summed E-state index contributed by atoms with van der Waals surface area (Å²) in [4.78, 5) is 4.13. The highest BCUT2D eigenvalue weighted by molar-refractivity contribution is 14.0. The van der Waals surface area contributed by atoms with Gasteiger partial charge in [0.2, 0.25) is 10.0 Å². The molecule has 0 spiro atoms. The third kappa shape index (κ3) is 7.48. The Morgan fingerprint density at radius 3 is 2.65 bits per heavy atom. The van der Waals surface area contributed by atoms with Crippen LogP contribution >= 0.6 is 24.0 Å². The van der Waals surface area contributed by atoms with E-state index in [1.165, 1.54) is 4.31 Å². The first-order valence-corrected chi connectivity index (χ1v) is 8.87. The molecule has 0 fully saturated rings. The van der Waals surface area contributed by atoms with Crippen molar-refractivity contribution in [3.63, 3.8) is 0 Å². The van der Waals surface area contributed by atoms with Crippen LogP contribution in [0.3, 0.4) is 0 Å². The average molecular weight is 458 g/mol. The molecule has 1 heterocycles. The van der Waals surface area contributed by atoms with E-state index in [4.69, 9.17) is 0 Å². The van der Waals surface area contributed by atoms with Gasteiger partial charge in [0.25, 0.3) is 0 Å². The number of sulfonamides is 1. The molecule has 10 heteroatoms. The molecule has 0 atom stereocenters. The molecule has 8 nitrogen and oxygen atoms in total. The van der Waals surface area contributed by atoms with E-state index in [9.17, 15) is 8.42 Å². The lowest BCUT2D eigenvalue weighted by Crippen LogP contribution is -2.39. The molecule has 0 saturated heterocycles. The smallest absolute Gasteiger partial charge is 0.213 e. The van der Waals surface area contributed by atoms with E-state index in [0.717, 1.165) is 5.69 Å². The summed E-state index contributed by atoms with van der Waals surface area (Å²) >= 11 is 0. The monoisotopic (exact) mass is 458 g/mol. The number of aliphatic imine (C=N–C) groups is 1. The van der Waals surface area contributed by atoms with Crippen molar-refractivity contribution in [2.24, 2.45) is 12.0 Å². The van der Waals surface area contributed by atoms with E-state index < -0.39 is 10.0 Å². The first-order valence-electron chi connectivity index (χ1n) is 7.26. The maximum atomic E-state index is 11.6. The summed E-state index contributed by atoms with van der Waals surface area (Å²) in [5.74, 6) is 0.812. The standard InChI is InChI=1S/C13H26N6O2S.HI/c1-5-22(20,21)18(3)10-6-8-15-13(14-2)16-11-12-7-9-17-19(12)4;/h7,9H,5-6,8,10-11H2,1-4H3,(H2,14,15,16);1H. The predicted molar refractivity (Wildman–Crippen MR) is 104 cm³/mol. The lowest BCUT2D eigenvalue weighted by Gasteiger charge is -2.16. The first-order chi connectivity index (χ1) is 10.4. The van der Waals surface area contributed by atoms with Gasteiger partial charge in [0.15, 0.2) is 5.96 Å². The Balaban J connectivity index is 0.00000484. The van der Waals surface area contributed by atoms with Crippen LogP contribution in [0.25, 0.3) is 0 Å². The summed E-state index contributed by atoms with van der Waals surface area (Å²) < 4.78 is 26.4.